The van der Waals surface area contributed by atoms with Crippen LogP contribution >= 0.6 is 0 Å². The molecule has 0 spiro atoms. The molecule has 2 aliphatic heterocycles. The topological polar surface area (TPSA) is 32.5 Å². The van der Waals surface area contributed by atoms with Crippen LogP contribution in [-0.2, 0) is 0 Å². The molecule has 0 radical (unpaired) electrons. The quantitative estimate of drug-likeness (QED) is 0.782. The normalized spacial score (nSPS) is 33.4. The van der Waals surface area contributed by atoms with Crippen LogP contribution in [0.25, 0.3) is 0 Å². The van der Waals surface area contributed by atoms with Crippen molar-refractivity contribution in [1.82, 2.24) is 9.80 Å². The second kappa shape index (κ2) is 5.99. The summed E-state index contributed by atoms with van der Waals surface area (Å²) in [7, 11) is 2.29. The van der Waals surface area contributed by atoms with E-state index in [1.807, 2.05) is 0 Å². The SMILES string of the molecule is CN1CCCCC1CCN1CCCC1CN. The molecule has 0 aliphatic carbocycles. The smallest absolute Gasteiger partial charge is 0.0218 e. The molecule has 3 heteroatoms. The molecule has 2 heterocycles. The van der Waals surface area contributed by atoms with Crippen molar-refractivity contribution >= 4 is 0 Å². The summed E-state index contributed by atoms with van der Waals surface area (Å²) < 4.78 is 0. The van der Waals surface area contributed by atoms with E-state index in [0.717, 1.165) is 12.6 Å². The summed E-state index contributed by atoms with van der Waals surface area (Å²) >= 11 is 0. The Morgan fingerprint density at radius 3 is 2.62 bits per heavy atom. The maximum atomic E-state index is 5.81. The van der Waals surface area contributed by atoms with E-state index in [1.165, 1.54) is 58.2 Å². The van der Waals surface area contributed by atoms with Crippen LogP contribution in [0.4, 0.5) is 0 Å². The lowest BCUT2D eigenvalue weighted by Gasteiger charge is -2.34. The molecule has 0 saturated carbocycles. The van der Waals surface area contributed by atoms with Gasteiger partial charge < -0.3 is 10.6 Å². The largest absolute Gasteiger partial charge is 0.329 e. The minimum atomic E-state index is 0.675. The number of nitrogens with two attached hydrogens (primary N) is 1. The zero-order valence-electron chi connectivity index (χ0n) is 10.7. The first-order chi connectivity index (χ1) is 7.81. The summed E-state index contributed by atoms with van der Waals surface area (Å²) in [6.45, 7) is 4.68. The lowest BCUT2D eigenvalue weighted by atomic mass is 10.00. The van der Waals surface area contributed by atoms with E-state index in [9.17, 15) is 0 Å². The van der Waals surface area contributed by atoms with Crippen molar-refractivity contribution in [1.29, 1.82) is 0 Å². The predicted octanol–water partition coefficient (Wildman–Crippen LogP) is 1.28. The molecule has 94 valence electrons. The zero-order chi connectivity index (χ0) is 11.4. The Kier molecular flexibility index (Phi) is 4.62. The van der Waals surface area contributed by atoms with Gasteiger partial charge in [0.25, 0.3) is 0 Å². The van der Waals surface area contributed by atoms with Gasteiger partial charge in [-0.15, -0.1) is 0 Å². The first-order valence-electron chi connectivity index (χ1n) is 6.95. The van der Waals surface area contributed by atoms with Gasteiger partial charge in [0, 0.05) is 18.6 Å². The molecule has 2 saturated heterocycles. The molecule has 2 N–H and O–H groups in total. The van der Waals surface area contributed by atoms with E-state index in [0.29, 0.717) is 6.04 Å². The van der Waals surface area contributed by atoms with Crippen LogP contribution < -0.4 is 5.73 Å². The predicted molar refractivity (Wildman–Crippen MR) is 68.5 cm³/mol. The molecule has 0 bridgehead atoms. The summed E-state index contributed by atoms with van der Waals surface area (Å²) in [5.74, 6) is 0. The standard InChI is InChI=1S/C13H27N3/c1-15-8-3-2-5-12(15)7-10-16-9-4-6-13(16)11-14/h12-13H,2-11,14H2,1H3. The molecule has 0 amide bonds. The number of nitrogens with zero attached hydrogens (tertiary/aromatic N) is 2. The van der Waals surface area contributed by atoms with Crippen molar-refractivity contribution in [2.45, 2.75) is 50.6 Å². The van der Waals surface area contributed by atoms with Crippen LogP contribution in [0.1, 0.15) is 38.5 Å². The van der Waals surface area contributed by atoms with Gasteiger partial charge in [0.1, 0.15) is 0 Å². The number of hydrogen-bond acceptors (Lipinski definition) is 3. The van der Waals surface area contributed by atoms with Crippen LogP contribution in [0.15, 0.2) is 0 Å². The highest BCUT2D eigenvalue weighted by molar-refractivity contribution is 4.82. The van der Waals surface area contributed by atoms with E-state index < -0.39 is 0 Å². The van der Waals surface area contributed by atoms with Crippen molar-refractivity contribution in [3.8, 4) is 0 Å². The highest BCUT2D eigenvalue weighted by atomic mass is 15.2. The molecule has 2 aliphatic rings. The monoisotopic (exact) mass is 225 g/mol. The molecule has 0 aromatic carbocycles. The summed E-state index contributed by atoms with van der Waals surface area (Å²) in [4.78, 5) is 5.17. The van der Waals surface area contributed by atoms with Crippen molar-refractivity contribution in [2.75, 3.05) is 33.2 Å². The number of likely N-dealkylation sites (tertiary alicyclic amines) is 2. The van der Waals surface area contributed by atoms with Gasteiger partial charge in [0.15, 0.2) is 0 Å². The van der Waals surface area contributed by atoms with Crippen molar-refractivity contribution in [3.63, 3.8) is 0 Å². The van der Waals surface area contributed by atoms with Gasteiger partial charge in [-0.3, -0.25) is 4.90 Å². The Balaban J connectivity index is 1.73. The molecule has 2 fully saturated rings. The molecular formula is C13H27N3. The van der Waals surface area contributed by atoms with E-state index in [-0.39, 0.29) is 0 Å². The zero-order valence-corrected chi connectivity index (χ0v) is 10.7. The van der Waals surface area contributed by atoms with Crippen LogP contribution in [0.5, 0.6) is 0 Å². The Labute approximate surface area is 100.0 Å². The molecule has 0 aromatic heterocycles. The van der Waals surface area contributed by atoms with Crippen LogP contribution in [0.3, 0.4) is 0 Å². The minimum absolute atomic E-state index is 0.675. The Morgan fingerprint density at radius 1 is 1.06 bits per heavy atom. The minimum Gasteiger partial charge on any atom is -0.329 e. The highest BCUT2D eigenvalue weighted by Gasteiger charge is 2.25. The maximum Gasteiger partial charge on any atom is 0.0218 e. The van der Waals surface area contributed by atoms with Crippen molar-refractivity contribution < 1.29 is 0 Å². The van der Waals surface area contributed by atoms with Gasteiger partial charge in [-0.05, 0) is 58.8 Å². The molecule has 2 atom stereocenters. The molecular weight excluding hydrogens is 198 g/mol. The maximum absolute atomic E-state index is 5.81. The number of hydrogen-bond donors (Lipinski definition) is 1. The van der Waals surface area contributed by atoms with Crippen LogP contribution in [0.2, 0.25) is 0 Å². The summed E-state index contributed by atoms with van der Waals surface area (Å²) in [6.07, 6.45) is 8.22. The fraction of sp³-hybridized carbons (Fsp3) is 1.00. The lowest BCUT2D eigenvalue weighted by molar-refractivity contribution is 0.150. The van der Waals surface area contributed by atoms with Gasteiger partial charge in [0.2, 0.25) is 0 Å². The van der Waals surface area contributed by atoms with Gasteiger partial charge >= 0.3 is 0 Å². The van der Waals surface area contributed by atoms with Gasteiger partial charge in [-0.2, -0.15) is 0 Å². The third kappa shape index (κ3) is 2.96. The third-order valence-corrected chi connectivity index (χ3v) is 4.44. The van der Waals surface area contributed by atoms with Crippen molar-refractivity contribution in [3.05, 3.63) is 0 Å². The summed E-state index contributed by atoms with van der Waals surface area (Å²) in [6, 6.07) is 1.50. The number of piperidine rings is 1. The van der Waals surface area contributed by atoms with Crippen LogP contribution in [0, 0.1) is 0 Å². The summed E-state index contributed by atoms with van der Waals surface area (Å²) in [5, 5.41) is 0. The van der Waals surface area contributed by atoms with Gasteiger partial charge in [-0.1, -0.05) is 6.42 Å². The number of rotatable bonds is 4. The molecule has 0 aromatic rings. The highest BCUT2D eigenvalue weighted by Crippen LogP contribution is 2.21. The van der Waals surface area contributed by atoms with Crippen molar-refractivity contribution in [2.24, 2.45) is 5.73 Å². The van der Waals surface area contributed by atoms with E-state index in [2.05, 4.69) is 16.8 Å². The molecule has 2 rings (SSSR count). The molecule has 16 heavy (non-hydrogen) atoms. The fourth-order valence-corrected chi connectivity index (χ4v) is 3.28. The average molecular weight is 225 g/mol. The Hall–Kier alpha value is -0.120. The van der Waals surface area contributed by atoms with E-state index >= 15 is 0 Å². The fourth-order valence-electron chi connectivity index (χ4n) is 3.28. The van der Waals surface area contributed by atoms with E-state index in [4.69, 9.17) is 5.73 Å². The molecule has 3 nitrogen and oxygen atoms in total. The Morgan fingerprint density at radius 2 is 1.88 bits per heavy atom. The molecule has 2 unspecified atom stereocenters. The second-order valence-electron chi connectivity index (χ2n) is 5.49. The average Bonchev–Trinajstić information content (AvgIpc) is 2.75. The lowest BCUT2D eigenvalue weighted by Crippen LogP contribution is -2.41. The van der Waals surface area contributed by atoms with E-state index in [1.54, 1.807) is 0 Å². The van der Waals surface area contributed by atoms with Crippen LogP contribution in [-0.4, -0.2) is 55.1 Å². The third-order valence-electron chi connectivity index (χ3n) is 4.44. The van der Waals surface area contributed by atoms with Gasteiger partial charge in [0.05, 0.1) is 0 Å². The Bertz CT molecular complexity index is 205. The second-order valence-corrected chi connectivity index (χ2v) is 5.49. The van der Waals surface area contributed by atoms with Gasteiger partial charge in [-0.25, -0.2) is 0 Å². The first-order valence-corrected chi connectivity index (χ1v) is 6.95. The first kappa shape index (κ1) is 12.3. The summed E-state index contributed by atoms with van der Waals surface area (Å²) in [5.41, 5.74) is 5.81.